The zero-order valence-corrected chi connectivity index (χ0v) is 15.2. The van der Waals surface area contributed by atoms with Crippen LogP contribution in [0.3, 0.4) is 0 Å². The van der Waals surface area contributed by atoms with Crippen LogP contribution >= 0.6 is 0 Å². The normalized spacial score (nSPS) is 10.6. The molecular formula is C21H22N4O. The number of nitrogens with zero attached hydrogens (tertiary/aromatic N) is 2. The predicted molar refractivity (Wildman–Crippen MR) is 107 cm³/mol. The van der Waals surface area contributed by atoms with E-state index >= 15 is 0 Å². The molecule has 2 aromatic carbocycles. The number of aryl methyl sites for hydroxylation is 2. The van der Waals surface area contributed by atoms with Gasteiger partial charge in [-0.3, -0.25) is 4.79 Å². The Kier molecular flexibility index (Phi) is 4.63. The summed E-state index contributed by atoms with van der Waals surface area (Å²) in [7, 11) is 0. The van der Waals surface area contributed by atoms with Gasteiger partial charge in [0, 0.05) is 17.3 Å². The second-order valence-electron chi connectivity index (χ2n) is 6.47. The molecule has 1 aromatic heterocycles. The molecule has 0 fully saturated rings. The van der Waals surface area contributed by atoms with Gasteiger partial charge in [-0.2, -0.15) is 5.10 Å². The van der Waals surface area contributed by atoms with Crippen molar-refractivity contribution in [2.24, 2.45) is 0 Å². The minimum Gasteiger partial charge on any atom is -0.398 e. The van der Waals surface area contributed by atoms with Gasteiger partial charge < -0.3 is 11.1 Å². The molecule has 5 nitrogen and oxygen atoms in total. The zero-order valence-electron chi connectivity index (χ0n) is 15.2. The van der Waals surface area contributed by atoms with Gasteiger partial charge in [0.15, 0.2) is 0 Å². The molecule has 0 aliphatic carbocycles. The maximum Gasteiger partial charge on any atom is 0.256 e. The van der Waals surface area contributed by atoms with Crippen LogP contribution in [0.15, 0.2) is 55.1 Å². The van der Waals surface area contributed by atoms with E-state index in [1.807, 2.05) is 57.2 Å². The molecule has 0 atom stereocenters. The second kappa shape index (κ2) is 6.88. The summed E-state index contributed by atoms with van der Waals surface area (Å²) in [6.07, 6.45) is 0. The van der Waals surface area contributed by atoms with Gasteiger partial charge in [0.1, 0.15) is 5.82 Å². The molecule has 1 amide bonds. The minimum absolute atomic E-state index is 0.238. The number of nitrogen functional groups attached to an aromatic ring is 1. The standard InChI is InChI=1S/C21H22N4O/c1-13(2)19-12-20(25(24-19)17-9-5-14(3)6-10-17)23-21(26)16-8-7-15(4)18(22)11-16/h5-12H,1,22H2,2-4H3,(H,23,26). The van der Waals surface area contributed by atoms with Crippen molar-refractivity contribution in [3.63, 3.8) is 0 Å². The summed E-state index contributed by atoms with van der Waals surface area (Å²) < 4.78 is 1.71. The SMILES string of the molecule is C=C(C)c1cc(NC(=O)c2ccc(C)c(N)c2)n(-c2ccc(C)cc2)n1. The number of hydrogen-bond donors (Lipinski definition) is 2. The highest BCUT2D eigenvalue weighted by atomic mass is 16.1. The first-order chi connectivity index (χ1) is 12.3. The highest BCUT2D eigenvalue weighted by Crippen LogP contribution is 2.22. The lowest BCUT2D eigenvalue weighted by atomic mass is 10.1. The highest BCUT2D eigenvalue weighted by Gasteiger charge is 2.14. The van der Waals surface area contributed by atoms with Crippen molar-refractivity contribution in [2.75, 3.05) is 11.1 Å². The van der Waals surface area contributed by atoms with E-state index in [-0.39, 0.29) is 5.91 Å². The number of benzene rings is 2. The maximum atomic E-state index is 12.7. The Morgan fingerprint density at radius 3 is 2.42 bits per heavy atom. The molecule has 132 valence electrons. The molecule has 0 aliphatic heterocycles. The van der Waals surface area contributed by atoms with Gasteiger partial charge in [0.05, 0.1) is 11.4 Å². The van der Waals surface area contributed by atoms with Crippen LogP contribution in [0.1, 0.15) is 34.1 Å². The monoisotopic (exact) mass is 346 g/mol. The lowest BCUT2D eigenvalue weighted by molar-refractivity contribution is 0.102. The predicted octanol–water partition coefficient (Wildman–Crippen LogP) is 4.36. The number of amides is 1. The first-order valence-electron chi connectivity index (χ1n) is 8.35. The van der Waals surface area contributed by atoms with Crippen molar-refractivity contribution in [3.05, 3.63) is 77.5 Å². The lowest BCUT2D eigenvalue weighted by Gasteiger charge is -2.10. The number of aromatic nitrogens is 2. The molecule has 0 spiro atoms. The Balaban J connectivity index is 1.98. The zero-order chi connectivity index (χ0) is 18.8. The van der Waals surface area contributed by atoms with E-state index in [1.165, 1.54) is 0 Å². The quantitative estimate of drug-likeness (QED) is 0.690. The molecule has 1 heterocycles. The van der Waals surface area contributed by atoms with E-state index in [0.717, 1.165) is 28.1 Å². The largest absolute Gasteiger partial charge is 0.398 e. The first kappa shape index (κ1) is 17.5. The average Bonchev–Trinajstić information content (AvgIpc) is 3.02. The fraction of sp³-hybridized carbons (Fsp3) is 0.143. The summed E-state index contributed by atoms with van der Waals surface area (Å²) in [5.74, 6) is 0.342. The van der Waals surface area contributed by atoms with Gasteiger partial charge in [-0.25, -0.2) is 4.68 Å². The molecule has 0 unspecified atom stereocenters. The molecule has 0 aliphatic rings. The fourth-order valence-electron chi connectivity index (χ4n) is 2.53. The Hall–Kier alpha value is -3.34. The Bertz CT molecular complexity index is 984. The number of rotatable bonds is 4. The molecule has 0 saturated heterocycles. The third kappa shape index (κ3) is 3.52. The van der Waals surface area contributed by atoms with E-state index in [0.29, 0.717) is 17.1 Å². The third-order valence-corrected chi connectivity index (χ3v) is 4.21. The number of hydrogen-bond acceptors (Lipinski definition) is 3. The summed E-state index contributed by atoms with van der Waals surface area (Å²) in [5, 5.41) is 7.49. The Labute approximate surface area is 153 Å². The van der Waals surface area contributed by atoms with E-state index in [9.17, 15) is 4.79 Å². The lowest BCUT2D eigenvalue weighted by Crippen LogP contribution is -2.15. The first-order valence-corrected chi connectivity index (χ1v) is 8.35. The van der Waals surface area contributed by atoms with E-state index in [1.54, 1.807) is 16.8 Å². The number of carbonyl (C=O) groups excluding carboxylic acids is 1. The summed E-state index contributed by atoms with van der Waals surface area (Å²) in [6, 6.07) is 15.0. The van der Waals surface area contributed by atoms with Crippen LogP contribution < -0.4 is 11.1 Å². The van der Waals surface area contributed by atoms with Crippen LogP contribution in [0.4, 0.5) is 11.5 Å². The van der Waals surface area contributed by atoms with Crippen LogP contribution in [-0.2, 0) is 0 Å². The van der Waals surface area contributed by atoms with Crippen LogP contribution in [0.2, 0.25) is 0 Å². The molecule has 5 heteroatoms. The smallest absolute Gasteiger partial charge is 0.256 e. The molecular weight excluding hydrogens is 324 g/mol. The molecule has 3 rings (SSSR count). The second-order valence-corrected chi connectivity index (χ2v) is 6.47. The van der Waals surface area contributed by atoms with Gasteiger partial charge in [-0.05, 0) is 56.2 Å². The maximum absolute atomic E-state index is 12.7. The van der Waals surface area contributed by atoms with Crippen LogP contribution in [-0.4, -0.2) is 15.7 Å². The number of allylic oxidation sites excluding steroid dienone is 1. The van der Waals surface area contributed by atoms with Crippen molar-refractivity contribution in [1.82, 2.24) is 9.78 Å². The van der Waals surface area contributed by atoms with Crippen LogP contribution in [0.5, 0.6) is 0 Å². The van der Waals surface area contributed by atoms with E-state index < -0.39 is 0 Å². The fourth-order valence-corrected chi connectivity index (χ4v) is 2.53. The number of nitrogens with two attached hydrogens (primary N) is 1. The Morgan fingerprint density at radius 2 is 1.81 bits per heavy atom. The number of carbonyl (C=O) groups is 1. The van der Waals surface area contributed by atoms with Gasteiger partial charge in [0.2, 0.25) is 0 Å². The summed E-state index contributed by atoms with van der Waals surface area (Å²) in [5.41, 5.74) is 11.5. The van der Waals surface area contributed by atoms with Crippen molar-refractivity contribution in [2.45, 2.75) is 20.8 Å². The van der Waals surface area contributed by atoms with Crippen molar-refractivity contribution < 1.29 is 4.79 Å². The van der Waals surface area contributed by atoms with Crippen LogP contribution in [0.25, 0.3) is 11.3 Å². The third-order valence-electron chi connectivity index (χ3n) is 4.21. The average molecular weight is 346 g/mol. The topological polar surface area (TPSA) is 72.9 Å². The van der Waals surface area contributed by atoms with Gasteiger partial charge in [-0.15, -0.1) is 0 Å². The van der Waals surface area contributed by atoms with Crippen molar-refractivity contribution in [3.8, 4) is 5.69 Å². The van der Waals surface area contributed by atoms with Gasteiger partial charge in [0.25, 0.3) is 5.91 Å². The molecule has 0 saturated carbocycles. The highest BCUT2D eigenvalue weighted by molar-refractivity contribution is 6.04. The summed E-state index contributed by atoms with van der Waals surface area (Å²) in [4.78, 5) is 12.7. The summed E-state index contributed by atoms with van der Waals surface area (Å²) in [6.45, 7) is 9.75. The van der Waals surface area contributed by atoms with Gasteiger partial charge in [-0.1, -0.05) is 30.3 Å². The molecule has 3 aromatic rings. The number of anilines is 2. The van der Waals surface area contributed by atoms with Gasteiger partial charge >= 0.3 is 0 Å². The number of nitrogens with one attached hydrogen (secondary N) is 1. The molecule has 0 bridgehead atoms. The molecule has 3 N–H and O–H groups in total. The van der Waals surface area contributed by atoms with Crippen molar-refractivity contribution >= 4 is 23.0 Å². The van der Waals surface area contributed by atoms with Crippen molar-refractivity contribution in [1.29, 1.82) is 0 Å². The molecule has 0 radical (unpaired) electrons. The Morgan fingerprint density at radius 1 is 1.12 bits per heavy atom. The van der Waals surface area contributed by atoms with E-state index in [2.05, 4.69) is 17.0 Å². The minimum atomic E-state index is -0.238. The van der Waals surface area contributed by atoms with E-state index in [4.69, 9.17) is 5.73 Å². The summed E-state index contributed by atoms with van der Waals surface area (Å²) >= 11 is 0. The van der Waals surface area contributed by atoms with Crippen LogP contribution in [0, 0.1) is 13.8 Å². The molecule has 26 heavy (non-hydrogen) atoms.